The van der Waals surface area contributed by atoms with Gasteiger partial charge in [0.15, 0.2) is 0 Å². The number of nitrogens with one attached hydrogen (secondary N) is 1. The van der Waals surface area contributed by atoms with Gasteiger partial charge in [0.2, 0.25) is 5.91 Å². The highest BCUT2D eigenvalue weighted by atomic mass is 16.5. The van der Waals surface area contributed by atoms with Gasteiger partial charge in [0.1, 0.15) is 12.1 Å². The molecule has 1 aliphatic carbocycles. The van der Waals surface area contributed by atoms with E-state index in [0.29, 0.717) is 25.7 Å². The first kappa shape index (κ1) is 22.5. The third-order valence-corrected chi connectivity index (χ3v) is 5.39. The summed E-state index contributed by atoms with van der Waals surface area (Å²) >= 11 is 0. The van der Waals surface area contributed by atoms with Gasteiger partial charge in [-0.05, 0) is 66.1 Å². The molecule has 8 nitrogen and oxygen atoms in total. The molecule has 1 aliphatic heterocycles. The number of fused-ring (bicyclic) bond motifs is 1. The minimum Gasteiger partial charge on any atom is -0.480 e. The monoisotopic (exact) mass is 444 g/mol. The summed E-state index contributed by atoms with van der Waals surface area (Å²) in [5.41, 5.74) is 5.35. The Kier molecular flexibility index (Phi) is 9.00. The minimum absolute atomic E-state index is 0. The number of carboxylic acids is 1. The molecule has 2 rings (SSSR count). The van der Waals surface area contributed by atoms with Crippen molar-refractivity contribution in [1.29, 1.82) is 0 Å². The first-order chi connectivity index (χ1) is 15.6. The zero-order valence-electron chi connectivity index (χ0n) is 22.6. The molecular weight excluding hydrogens is 398 g/mol. The van der Waals surface area contributed by atoms with Crippen molar-refractivity contribution in [1.82, 2.24) is 10.2 Å². The van der Waals surface area contributed by atoms with Crippen LogP contribution in [0.4, 0.5) is 0 Å². The van der Waals surface area contributed by atoms with Crippen LogP contribution in [0.2, 0.25) is 0 Å². The molecule has 0 aromatic heterocycles. The largest absolute Gasteiger partial charge is 0.480 e. The molecule has 0 unspecified atom stereocenters. The zero-order chi connectivity index (χ0) is 26.3. The number of nitrogens with zero attached hydrogens (tertiary/aromatic N) is 1. The molecule has 5 atom stereocenters. The summed E-state index contributed by atoms with van der Waals surface area (Å²) in [7, 11) is 0. The van der Waals surface area contributed by atoms with Crippen molar-refractivity contribution in [2.45, 2.75) is 116 Å². The number of likely N-dealkylation sites (tertiary alicyclic amines) is 1. The van der Waals surface area contributed by atoms with Crippen LogP contribution in [0.15, 0.2) is 0 Å². The first-order valence-electron chi connectivity index (χ1n) is 12.9. The number of rotatable bonds is 8. The van der Waals surface area contributed by atoms with Crippen molar-refractivity contribution in [2.75, 3.05) is 6.61 Å². The molecule has 1 saturated carbocycles. The van der Waals surface area contributed by atoms with Crippen molar-refractivity contribution in [3.05, 3.63) is 0 Å². The Morgan fingerprint density at radius 1 is 1.26 bits per heavy atom. The second-order valence-corrected chi connectivity index (χ2v) is 9.51. The third-order valence-electron chi connectivity index (χ3n) is 5.39. The standard InChI is InChI=1S/C19H32N2O5.C4H11N/c1-4-8-14(19(25)26-5-2)20-12(3)17(22)21-15-10-7-6-9-13(15)11-16(21)18(23)24;1-4(2,3)5/h12-16,20H,4-11H2,1-3H3,(H,23,24);5H2,1-3H3/t12-,13-,14-,15-,16-;/m0./s1/i3D3;. The van der Waals surface area contributed by atoms with E-state index in [4.69, 9.17) is 14.6 Å². The molecule has 8 heteroatoms. The Hall–Kier alpha value is -1.67. The SMILES string of the molecule is CC(C)(C)N.[2H]C([2H])([2H])[C@H](N[C@@H](CCC)C(=O)OCC)C(=O)N1[C@H](C(=O)O)C[C@@H]2CCCC[C@@H]21. The molecule has 1 saturated heterocycles. The number of ether oxygens (including phenoxy) is 1. The van der Waals surface area contributed by atoms with Gasteiger partial charge in [-0.2, -0.15) is 0 Å². The van der Waals surface area contributed by atoms with Gasteiger partial charge in [-0.15, -0.1) is 0 Å². The molecule has 0 spiro atoms. The van der Waals surface area contributed by atoms with E-state index in [9.17, 15) is 19.5 Å². The molecule has 0 radical (unpaired) electrons. The lowest BCUT2D eigenvalue weighted by Crippen LogP contribution is -2.55. The Bertz CT molecular complexity index is 690. The molecule has 2 fully saturated rings. The normalized spacial score (nSPS) is 26.8. The van der Waals surface area contributed by atoms with E-state index >= 15 is 0 Å². The van der Waals surface area contributed by atoms with E-state index in [1.165, 1.54) is 4.90 Å². The van der Waals surface area contributed by atoms with Crippen LogP contribution < -0.4 is 11.1 Å². The van der Waals surface area contributed by atoms with Gasteiger partial charge in [0.25, 0.3) is 0 Å². The van der Waals surface area contributed by atoms with Crippen LogP contribution in [-0.2, 0) is 19.1 Å². The number of carbonyl (C=O) groups excluding carboxylic acids is 2. The number of hydrogen-bond acceptors (Lipinski definition) is 6. The summed E-state index contributed by atoms with van der Waals surface area (Å²) in [6, 6.07) is -3.90. The van der Waals surface area contributed by atoms with Gasteiger partial charge in [0.05, 0.1) is 12.6 Å². The molecule has 1 amide bonds. The van der Waals surface area contributed by atoms with Crippen molar-refractivity contribution >= 4 is 17.8 Å². The van der Waals surface area contributed by atoms with E-state index in [1.54, 1.807) is 6.92 Å². The summed E-state index contributed by atoms with van der Waals surface area (Å²) in [5, 5.41) is 12.3. The summed E-state index contributed by atoms with van der Waals surface area (Å²) in [6.07, 6.45) is 4.62. The summed E-state index contributed by atoms with van der Waals surface area (Å²) in [5.74, 6) is -2.42. The van der Waals surface area contributed by atoms with Crippen LogP contribution >= 0.6 is 0 Å². The number of amides is 1. The van der Waals surface area contributed by atoms with Crippen LogP contribution in [0, 0.1) is 5.92 Å². The Morgan fingerprint density at radius 3 is 2.39 bits per heavy atom. The molecule has 180 valence electrons. The summed E-state index contributed by atoms with van der Waals surface area (Å²) in [4.78, 5) is 38.7. The van der Waals surface area contributed by atoms with E-state index in [0.717, 1.165) is 19.3 Å². The minimum atomic E-state index is -2.73. The van der Waals surface area contributed by atoms with Gasteiger partial charge in [0, 0.05) is 15.7 Å². The van der Waals surface area contributed by atoms with E-state index < -0.39 is 42.8 Å². The predicted molar refractivity (Wildman–Crippen MR) is 120 cm³/mol. The van der Waals surface area contributed by atoms with Gasteiger partial charge in [-0.25, -0.2) is 4.79 Å². The molecule has 31 heavy (non-hydrogen) atoms. The highest BCUT2D eigenvalue weighted by Crippen LogP contribution is 2.40. The Balaban J connectivity index is 0.00000104. The van der Waals surface area contributed by atoms with E-state index in [1.807, 2.05) is 27.7 Å². The van der Waals surface area contributed by atoms with Gasteiger partial charge in [-0.1, -0.05) is 26.2 Å². The fourth-order valence-corrected chi connectivity index (χ4v) is 4.22. The van der Waals surface area contributed by atoms with Crippen molar-refractivity contribution in [3.8, 4) is 0 Å². The molecule has 2 aliphatic rings. The molecule has 0 aromatic rings. The second kappa shape index (κ2) is 12.4. The van der Waals surface area contributed by atoms with E-state index in [2.05, 4.69) is 5.32 Å². The Morgan fingerprint density at radius 2 is 1.87 bits per heavy atom. The van der Waals surface area contributed by atoms with Crippen molar-refractivity contribution in [2.24, 2.45) is 11.7 Å². The van der Waals surface area contributed by atoms with Crippen LogP contribution in [0.3, 0.4) is 0 Å². The quantitative estimate of drug-likeness (QED) is 0.492. The maximum Gasteiger partial charge on any atom is 0.326 e. The highest BCUT2D eigenvalue weighted by Gasteiger charge is 2.48. The second-order valence-electron chi connectivity index (χ2n) is 9.51. The predicted octanol–water partition coefficient (Wildman–Crippen LogP) is 2.68. The average Bonchev–Trinajstić information content (AvgIpc) is 3.08. The average molecular weight is 445 g/mol. The molecule has 1 heterocycles. The smallest absolute Gasteiger partial charge is 0.326 e. The van der Waals surface area contributed by atoms with Crippen LogP contribution in [0.1, 0.15) is 90.5 Å². The van der Waals surface area contributed by atoms with Gasteiger partial charge >= 0.3 is 11.9 Å². The molecular formula is C23H43N3O5. The lowest BCUT2D eigenvalue weighted by molar-refractivity contribution is -0.152. The lowest BCUT2D eigenvalue weighted by Gasteiger charge is -2.35. The number of aliphatic carboxylic acids is 1. The number of carboxylic acid groups (broad SMARTS) is 1. The zero-order valence-corrected chi connectivity index (χ0v) is 19.6. The number of hydrogen-bond donors (Lipinski definition) is 3. The first-order valence-corrected chi connectivity index (χ1v) is 11.4. The van der Waals surface area contributed by atoms with Crippen LogP contribution in [0.25, 0.3) is 0 Å². The Labute approximate surface area is 191 Å². The van der Waals surface area contributed by atoms with Crippen LogP contribution in [-0.4, -0.2) is 64.2 Å². The summed E-state index contributed by atoms with van der Waals surface area (Å²) < 4.78 is 28.7. The van der Waals surface area contributed by atoms with Crippen LogP contribution in [0.5, 0.6) is 0 Å². The fourth-order valence-electron chi connectivity index (χ4n) is 4.22. The number of esters is 1. The van der Waals surface area contributed by atoms with Gasteiger partial charge in [-0.3, -0.25) is 14.9 Å². The topological polar surface area (TPSA) is 122 Å². The molecule has 4 N–H and O–H groups in total. The molecule has 0 aromatic carbocycles. The van der Waals surface area contributed by atoms with Crippen molar-refractivity contribution < 1.29 is 28.3 Å². The fraction of sp³-hybridized carbons (Fsp3) is 0.870. The number of carbonyl (C=O) groups is 3. The van der Waals surface area contributed by atoms with Gasteiger partial charge < -0.3 is 20.5 Å². The number of nitrogens with two attached hydrogens (primary N) is 1. The third kappa shape index (κ3) is 8.77. The molecule has 0 bridgehead atoms. The maximum atomic E-state index is 13.4. The summed E-state index contributed by atoms with van der Waals surface area (Å²) in [6.45, 7) is 6.80. The maximum absolute atomic E-state index is 13.4. The highest BCUT2D eigenvalue weighted by molar-refractivity contribution is 5.88. The van der Waals surface area contributed by atoms with Crippen molar-refractivity contribution in [3.63, 3.8) is 0 Å². The lowest BCUT2D eigenvalue weighted by atomic mass is 9.84. The van der Waals surface area contributed by atoms with E-state index in [-0.39, 0.29) is 24.1 Å².